The molecule has 0 radical (unpaired) electrons. The number of rotatable bonds is 14. The Hall–Kier alpha value is -1.12. The van der Waals surface area contributed by atoms with E-state index in [0.717, 1.165) is 57.8 Å². The number of unbranched alkanes of at least 4 members (excludes halogenated alkanes) is 5. The zero-order valence-corrected chi connectivity index (χ0v) is 14.7. The van der Waals surface area contributed by atoms with Gasteiger partial charge in [0.05, 0.1) is 6.10 Å². The van der Waals surface area contributed by atoms with E-state index in [0.29, 0.717) is 5.78 Å². The van der Waals surface area contributed by atoms with Crippen molar-refractivity contribution in [2.75, 3.05) is 0 Å². The predicted octanol–water partition coefficient (Wildman–Crippen LogP) is 5.37. The first-order chi connectivity index (χ1) is 10.6. The molecule has 0 saturated carbocycles. The van der Waals surface area contributed by atoms with E-state index in [4.69, 9.17) is 4.74 Å². The van der Waals surface area contributed by atoms with Crippen LogP contribution < -0.4 is 0 Å². The van der Waals surface area contributed by atoms with Crippen molar-refractivity contribution in [1.29, 1.82) is 0 Å². The molecule has 22 heavy (non-hydrogen) atoms. The summed E-state index contributed by atoms with van der Waals surface area (Å²) in [5, 5.41) is 0. The van der Waals surface area contributed by atoms with Crippen LogP contribution in [0.2, 0.25) is 0 Å². The first-order valence-corrected chi connectivity index (χ1v) is 8.90. The van der Waals surface area contributed by atoms with E-state index in [1.807, 2.05) is 6.92 Å². The van der Waals surface area contributed by atoms with Crippen molar-refractivity contribution in [3.8, 4) is 0 Å². The Morgan fingerprint density at radius 3 is 2.23 bits per heavy atom. The summed E-state index contributed by atoms with van der Waals surface area (Å²) in [6.45, 7) is 5.52. The molecule has 0 heterocycles. The molecule has 0 saturated heterocycles. The lowest BCUT2D eigenvalue weighted by atomic mass is 10.1. The number of allylic oxidation sites excluding steroid dienone is 2. The summed E-state index contributed by atoms with van der Waals surface area (Å²) in [6, 6.07) is 0. The number of esters is 1. The lowest BCUT2D eigenvalue weighted by molar-refractivity contribution is -0.145. The zero-order chi connectivity index (χ0) is 16.6. The second kappa shape index (κ2) is 14.8. The molecule has 1 unspecified atom stereocenters. The average Bonchev–Trinajstić information content (AvgIpc) is 2.46. The third-order valence-electron chi connectivity index (χ3n) is 3.65. The zero-order valence-electron chi connectivity index (χ0n) is 14.7. The van der Waals surface area contributed by atoms with Gasteiger partial charge in [0.1, 0.15) is 5.78 Å². The van der Waals surface area contributed by atoms with Gasteiger partial charge in [-0.25, -0.2) is 0 Å². The first-order valence-electron chi connectivity index (χ1n) is 8.90. The minimum atomic E-state index is -0.191. The van der Waals surface area contributed by atoms with Crippen LogP contribution in [0.25, 0.3) is 0 Å². The lowest BCUT2D eigenvalue weighted by Crippen LogP contribution is -2.11. The van der Waals surface area contributed by atoms with Crippen LogP contribution in [-0.2, 0) is 14.3 Å². The molecular weight excluding hydrogens is 276 g/mol. The van der Waals surface area contributed by atoms with E-state index < -0.39 is 0 Å². The first kappa shape index (κ1) is 20.9. The molecule has 0 aliphatic heterocycles. The summed E-state index contributed by atoms with van der Waals surface area (Å²) >= 11 is 0. The van der Waals surface area contributed by atoms with Gasteiger partial charge in [0.15, 0.2) is 0 Å². The molecule has 3 heteroatoms. The summed E-state index contributed by atoms with van der Waals surface area (Å²) in [5.41, 5.74) is 0. The standard InChI is InChI=1S/C19H34O3/c1-4-5-15-19(21)16-13-11-9-7-6-8-10-12-14-17(2)22-18(3)20/h7,9,17H,4-6,8,10-16H2,1-3H3/b9-7+. The topological polar surface area (TPSA) is 43.4 Å². The van der Waals surface area contributed by atoms with Crippen molar-refractivity contribution in [3.05, 3.63) is 12.2 Å². The molecule has 0 spiro atoms. The highest BCUT2D eigenvalue weighted by atomic mass is 16.5. The average molecular weight is 310 g/mol. The molecule has 3 nitrogen and oxygen atoms in total. The van der Waals surface area contributed by atoms with Gasteiger partial charge in [-0.05, 0) is 51.9 Å². The van der Waals surface area contributed by atoms with E-state index >= 15 is 0 Å². The number of ether oxygens (including phenoxy) is 1. The molecule has 0 aromatic carbocycles. The number of carbonyl (C=O) groups excluding carboxylic acids is 2. The number of hydrogen-bond donors (Lipinski definition) is 0. The monoisotopic (exact) mass is 310 g/mol. The normalized spacial score (nSPS) is 12.5. The number of carbonyl (C=O) groups is 2. The minimum Gasteiger partial charge on any atom is -0.463 e. The molecule has 0 bridgehead atoms. The van der Waals surface area contributed by atoms with Gasteiger partial charge >= 0.3 is 5.97 Å². The maximum absolute atomic E-state index is 11.5. The summed E-state index contributed by atoms with van der Waals surface area (Å²) in [4.78, 5) is 22.2. The van der Waals surface area contributed by atoms with Gasteiger partial charge in [0.2, 0.25) is 0 Å². The third kappa shape index (κ3) is 15.3. The summed E-state index contributed by atoms with van der Waals surface area (Å²) in [6.07, 6.45) is 15.6. The van der Waals surface area contributed by atoms with E-state index in [1.54, 1.807) is 0 Å². The van der Waals surface area contributed by atoms with Crippen LogP contribution in [0, 0.1) is 0 Å². The second-order valence-electron chi connectivity index (χ2n) is 6.06. The minimum absolute atomic E-state index is 0.0401. The number of Topliss-reactive ketones (excluding diaryl/α,β-unsaturated/α-hetero) is 1. The number of ketones is 1. The van der Waals surface area contributed by atoms with Crippen molar-refractivity contribution in [2.45, 2.75) is 97.5 Å². The van der Waals surface area contributed by atoms with Gasteiger partial charge in [0.25, 0.3) is 0 Å². The Bertz CT molecular complexity index is 321. The molecule has 0 aromatic rings. The van der Waals surface area contributed by atoms with Crippen molar-refractivity contribution in [1.82, 2.24) is 0 Å². The fourth-order valence-corrected chi connectivity index (χ4v) is 2.36. The van der Waals surface area contributed by atoms with Gasteiger partial charge in [-0.15, -0.1) is 0 Å². The Morgan fingerprint density at radius 2 is 1.59 bits per heavy atom. The second-order valence-corrected chi connectivity index (χ2v) is 6.06. The van der Waals surface area contributed by atoms with Gasteiger partial charge in [0, 0.05) is 19.8 Å². The molecule has 128 valence electrons. The van der Waals surface area contributed by atoms with Gasteiger partial charge < -0.3 is 4.74 Å². The van der Waals surface area contributed by atoms with Crippen molar-refractivity contribution < 1.29 is 14.3 Å². The summed E-state index contributed by atoms with van der Waals surface area (Å²) in [5.74, 6) is 0.223. The lowest BCUT2D eigenvalue weighted by Gasteiger charge is -2.10. The van der Waals surface area contributed by atoms with Crippen LogP contribution in [0.1, 0.15) is 91.4 Å². The molecular formula is C19H34O3. The SMILES string of the molecule is CCCCC(=O)CCC/C=C/CCCCCC(C)OC(C)=O. The molecule has 0 rings (SSSR count). The fraction of sp³-hybridized carbons (Fsp3) is 0.789. The highest BCUT2D eigenvalue weighted by molar-refractivity contribution is 5.78. The summed E-state index contributed by atoms with van der Waals surface area (Å²) < 4.78 is 5.09. The number of hydrogen-bond acceptors (Lipinski definition) is 3. The molecule has 0 aromatic heterocycles. The Balaban J connectivity index is 3.34. The van der Waals surface area contributed by atoms with Crippen LogP contribution in [-0.4, -0.2) is 17.9 Å². The largest absolute Gasteiger partial charge is 0.463 e. The van der Waals surface area contributed by atoms with Gasteiger partial charge in [-0.3, -0.25) is 9.59 Å². The van der Waals surface area contributed by atoms with Crippen LogP contribution in [0.5, 0.6) is 0 Å². The molecule has 1 atom stereocenters. The smallest absolute Gasteiger partial charge is 0.302 e. The highest BCUT2D eigenvalue weighted by Gasteiger charge is 2.04. The molecule has 0 N–H and O–H groups in total. The summed E-state index contributed by atoms with van der Waals surface area (Å²) in [7, 11) is 0. The Kier molecular flexibility index (Phi) is 14.0. The quantitative estimate of drug-likeness (QED) is 0.246. The fourth-order valence-electron chi connectivity index (χ4n) is 2.36. The highest BCUT2D eigenvalue weighted by Crippen LogP contribution is 2.09. The van der Waals surface area contributed by atoms with Crippen LogP contribution in [0.4, 0.5) is 0 Å². The predicted molar refractivity (Wildman–Crippen MR) is 91.8 cm³/mol. The van der Waals surface area contributed by atoms with Crippen molar-refractivity contribution in [2.24, 2.45) is 0 Å². The van der Waals surface area contributed by atoms with Gasteiger partial charge in [-0.1, -0.05) is 31.9 Å². The maximum atomic E-state index is 11.5. The van der Waals surface area contributed by atoms with Crippen LogP contribution in [0.15, 0.2) is 12.2 Å². The van der Waals surface area contributed by atoms with Gasteiger partial charge in [-0.2, -0.15) is 0 Å². The van der Waals surface area contributed by atoms with Crippen LogP contribution >= 0.6 is 0 Å². The molecule has 0 fully saturated rings. The van der Waals surface area contributed by atoms with Crippen LogP contribution in [0.3, 0.4) is 0 Å². The molecule has 0 aliphatic carbocycles. The third-order valence-corrected chi connectivity index (χ3v) is 3.65. The Labute approximate surface area is 136 Å². The van der Waals surface area contributed by atoms with E-state index in [9.17, 15) is 9.59 Å². The van der Waals surface area contributed by atoms with Crippen molar-refractivity contribution >= 4 is 11.8 Å². The molecule has 0 aliphatic rings. The van der Waals surface area contributed by atoms with E-state index in [-0.39, 0.29) is 12.1 Å². The maximum Gasteiger partial charge on any atom is 0.302 e. The van der Waals surface area contributed by atoms with E-state index in [1.165, 1.54) is 19.8 Å². The van der Waals surface area contributed by atoms with Crippen molar-refractivity contribution in [3.63, 3.8) is 0 Å². The Morgan fingerprint density at radius 1 is 0.955 bits per heavy atom. The van der Waals surface area contributed by atoms with E-state index in [2.05, 4.69) is 19.1 Å². The molecule has 0 amide bonds.